The molecule has 1 heterocycles. The molecule has 0 saturated carbocycles. The molecule has 0 aliphatic carbocycles. The number of ether oxygens (including phenoxy) is 1. The van der Waals surface area contributed by atoms with Crippen LogP contribution in [0.4, 0.5) is 0 Å². The molecular formula is C8H15N3O2Si. The van der Waals surface area contributed by atoms with Crippen molar-refractivity contribution in [2.24, 2.45) is 7.05 Å². The molecule has 0 atom stereocenters. The zero-order chi connectivity index (χ0) is 10.9. The summed E-state index contributed by atoms with van der Waals surface area (Å²) in [4.78, 5) is 15.4. The van der Waals surface area contributed by atoms with Crippen LogP contribution in [0.15, 0.2) is 0 Å². The van der Waals surface area contributed by atoms with Gasteiger partial charge in [0, 0.05) is 7.05 Å². The van der Waals surface area contributed by atoms with E-state index in [2.05, 4.69) is 34.5 Å². The maximum atomic E-state index is 11.2. The van der Waals surface area contributed by atoms with Gasteiger partial charge in [-0.15, -0.1) is 5.10 Å². The quantitative estimate of drug-likeness (QED) is 0.518. The van der Waals surface area contributed by atoms with Crippen molar-refractivity contribution < 1.29 is 9.53 Å². The van der Waals surface area contributed by atoms with Crippen molar-refractivity contribution in [2.45, 2.75) is 19.6 Å². The highest BCUT2D eigenvalue weighted by Crippen LogP contribution is 2.00. The molecule has 14 heavy (non-hydrogen) atoms. The zero-order valence-corrected chi connectivity index (χ0v) is 10.2. The van der Waals surface area contributed by atoms with E-state index in [-0.39, 0.29) is 5.82 Å². The smallest absolute Gasteiger partial charge is 0.377 e. The largest absolute Gasteiger partial charge is 0.463 e. The fourth-order valence-corrected chi connectivity index (χ4v) is 2.68. The molecule has 78 valence electrons. The third-order valence-electron chi connectivity index (χ3n) is 1.80. The van der Waals surface area contributed by atoms with Crippen molar-refractivity contribution in [2.75, 3.05) is 7.11 Å². The lowest BCUT2D eigenvalue weighted by atomic mass is 10.6. The summed E-state index contributed by atoms with van der Waals surface area (Å²) in [6.07, 6.45) is 0. The van der Waals surface area contributed by atoms with Crippen molar-refractivity contribution >= 4 is 19.5 Å². The lowest BCUT2D eigenvalue weighted by molar-refractivity contribution is 0.0586. The fraction of sp³-hybridized carbons (Fsp3) is 0.625. The summed E-state index contributed by atoms with van der Waals surface area (Å²) >= 11 is 0. The molecule has 0 N–H and O–H groups in total. The summed E-state index contributed by atoms with van der Waals surface area (Å²) in [7, 11) is 1.59. The van der Waals surface area contributed by atoms with E-state index in [1.807, 2.05) is 0 Å². The number of hydrogen-bond donors (Lipinski definition) is 0. The van der Waals surface area contributed by atoms with Crippen molar-refractivity contribution in [3.8, 4) is 0 Å². The Morgan fingerprint density at radius 1 is 1.43 bits per heavy atom. The van der Waals surface area contributed by atoms with E-state index in [0.29, 0.717) is 0 Å². The molecule has 1 rings (SSSR count). The van der Waals surface area contributed by atoms with Gasteiger partial charge in [0.1, 0.15) is 13.5 Å². The average Bonchev–Trinajstić information content (AvgIpc) is 2.45. The molecule has 0 aliphatic heterocycles. The monoisotopic (exact) mass is 213 g/mol. The first-order valence-electron chi connectivity index (χ1n) is 4.36. The van der Waals surface area contributed by atoms with E-state index in [1.165, 1.54) is 7.11 Å². The van der Waals surface area contributed by atoms with Crippen molar-refractivity contribution in [1.82, 2.24) is 14.8 Å². The molecular weight excluding hydrogens is 198 g/mol. The normalized spacial score (nSPS) is 11.5. The van der Waals surface area contributed by atoms with Crippen LogP contribution in [0.5, 0.6) is 0 Å². The summed E-state index contributed by atoms with van der Waals surface area (Å²) in [5, 5.41) is 4.01. The lowest BCUT2D eigenvalue weighted by Crippen LogP contribution is -2.44. The van der Waals surface area contributed by atoms with Crippen LogP contribution in [0.25, 0.3) is 0 Å². The average molecular weight is 213 g/mol. The lowest BCUT2D eigenvalue weighted by Gasteiger charge is -2.13. The summed E-state index contributed by atoms with van der Waals surface area (Å²) in [5.41, 5.74) is 0.901. The summed E-state index contributed by atoms with van der Waals surface area (Å²) in [5.74, 6) is -0.336. The molecule has 0 saturated heterocycles. The van der Waals surface area contributed by atoms with Crippen LogP contribution in [0, 0.1) is 0 Å². The predicted octanol–water partition coefficient (Wildman–Crippen LogP) is 0.147. The minimum atomic E-state index is -1.53. The minimum Gasteiger partial charge on any atom is -0.463 e. The molecule has 1 aromatic heterocycles. The Kier molecular flexibility index (Phi) is 2.75. The molecule has 0 radical (unpaired) electrons. The van der Waals surface area contributed by atoms with Gasteiger partial charge in [-0.05, 0) is 0 Å². The first kappa shape index (κ1) is 10.9. The van der Waals surface area contributed by atoms with Gasteiger partial charge >= 0.3 is 5.97 Å². The molecule has 0 amide bonds. The fourth-order valence-electron chi connectivity index (χ4n) is 1.22. The third kappa shape index (κ3) is 2.01. The molecule has 0 aliphatic rings. The number of rotatable bonds is 2. The Hall–Kier alpha value is -1.17. The van der Waals surface area contributed by atoms with Gasteiger partial charge in [0.05, 0.1) is 7.11 Å². The van der Waals surface area contributed by atoms with Crippen LogP contribution >= 0.6 is 0 Å². The van der Waals surface area contributed by atoms with Crippen molar-refractivity contribution in [3.63, 3.8) is 0 Å². The zero-order valence-electron chi connectivity index (χ0n) is 9.16. The highest BCUT2D eigenvalue weighted by molar-refractivity contribution is 6.87. The Morgan fingerprint density at radius 3 is 2.36 bits per heavy atom. The van der Waals surface area contributed by atoms with Crippen LogP contribution in [0.1, 0.15) is 10.6 Å². The van der Waals surface area contributed by atoms with Crippen LogP contribution in [-0.2, 0) is 11.8 Å². The number of aryl methyl sites for hydroxylation is 1. The first-order valence-corrected chi connectivity index (χ1v) is 7.86. The SMILES string of the molecule is COC(=O)c1nc([Si](C)(C)C)n(C)n1. The summed E-state index contributed by atoms with van der Waals surface area (Å²) in [6.45, 7) is 6.45. The number of aromatic nitrogens is 3. The Balaban J connectivity index is 3.12. The van der Waals surface area contributed by atoms with Crippen LogP contribution in [-0.4, -0.2) is 35.9 Å². The van der Waals surface area contributed by atoms with Gasteiger partial charge in [-0.25, -0.2) is 9.78 Å². The number of methoxy groups -OCH3 is 1. The standard InChI is InChI=1S/C8H15N3O2Si/c1-11-8(14(3,4)5)9-6(10-11)7(12)13-2/h1-5H3. The second kappa shape index (κ2) is 3.53. The highest BCUT2D eigenvalue weighted by atomic mass is 28.3. The van der Waals surface area contributed by atoms with E-state index in [0.717, 1.165) is 5.45 Å². The molecule has 0 unspecified atom stereocenters. The second-order valence-corrected chi connectivity index (χ2v) is 9.07. The number of carbonyl (C=O) groups is 1. The number of carbonyl (C=O) groups excluding carboxylic acids is 1. The van der Waals surface area contributed by atoms with E-state index < -0.39 is 14.0 Å². The van der Waals surface area contributed by atoms with Gasteiger partial charge < -0.3 is 4.74 Å². The maximum Gasteiger partial charge on any atom is 0.377 e. The Bertz CT molecular complexity index is 354. The van der Waals surface area contributed by atoms with E-state index in [4.69, 9.17) is 0 Å². The van der Waals surface area contributed by atoms with Gasteiger partial charge in [0.25, 0.3) is 5.82 Å². The number of esters is 1. The summed E-state index contributed by atoms with van der Waals surface area (Å²) < 4.78 is 6.22. The number of nitrogens with zero attached hydrogens (tertiary/aromatic N) is 3. The van der Waals surface area contributed by atoms with E-state index in [1.54, 1.807) is 11.7 Å². The molecule has 0 aromatic carbocycles. The second-order valence-electron chi connectivity index (χ2n) is 4.12. The summed E-state index contributed by atoms with van der Waals surface area (Å²) in [6, 6.07) is 0. The molecule has 5 nitrogen and oxygen atoms in total. The van der Waals surface area contributed by atoms with Crippen LogP contribution in [0.2, 0.25) is 19.6 Å². The van der Waals surface area contributed by atoms with Crippen LogP contribution in [0.3, 0.4) is 0 Å². The van der Waals surface area contributed by atoms with Crippen molar-refractivity contribution in [3.05, 3.63) is 5.82 Å². The third-order valence-corrected chi connectivity index (χ3v) is 3.58. The van der Waals surface area contributed by atoms with Crippen molar-refractivity contribution in [1.29, 1.82) is 0 Å². The van der Waals surface area contributed by atoms with Gasteiger partial charge in [0.2, 0.25) is 0 Å². The van der Waals surface area contributed by atoms with Gasteiger partial charge in [0.15, 0.2) is 0 Å². The minimum absolute atomic E-state index is 0.146. The van der Waals surface area contributed by atoms with Gasteiger partial charge in [-0.3, -0.25) is 4.68 Å². The molecule has 0 spiro atoms. The predicted molar refractivity (Wildman–Crippen MR) is 55.3 cm³/mol. The van der Waals surface area contributed by atoms with E-state index >= 15 is 0 Å². The van der Waals surface area contributed by atoms with Gasteiger partial charge in [-0.1, -0.05) is 19.6 Å². The first-order chi connectivity index (χ1) is 6.36. The molecule has 0 bridgehead atoms. The highest BCUT2D eigenvalue weighted by Gasteiger charge is 2.25. The Labute approximate surface area is 84.1 Å². The van der Waals surface area contributed by atoms with Gasteiger partial charge in [-0.2, -0.15) is 0 Å². The van der Waals surface area contributed by atoms with E-state index in [9.17, 15) is 4.79 Å². The topological polar surface area (TPSA) is 57.0 Å². The molecule has 6 heteroatoms. The number of hydrogen-bond acceptors (Lipinski definition) is 4. The van der Waals surface area contributed by atoms with Crippen LogP contribution < -0.4 is 5.45 Å². The molecule has 1 aromatic rings. The Morgan fingerprint density at radius 2 is 2.00 bits per heavy atom. The maximum absolute atomic E-state index is 11.2. The molecule has 0 fully saturated rings.